The lowest BCUT2D eigenvalue weighted by Gasteiger charge is -2.21. The molecule has 0 unspecified atom stereocenters. The van der Waals surface area contributed by atoms with Gasteiger partial charge in [-0.15, -0.1) is 0 Å². The number of fused-ring (bicyclic) bond motifs is 1. The molecule has 0 aromatic heterocycles. The average Bonchev–Trinajstić information content (AvgIpc) is 3.02. The number of rotatable bonds is 2. The normalized spacial score (nSPS) is 17.7. The summed E-state index contributed by atoms with van der Waals surface area (Å²) in [7, 11) is 0. The van der Waals surface area contributed by atoms with Gasteiger partial charge in [-0.2, -0.15) is 0 Å². The maximum Gasteiger partial charge on any atom is 0.142 e. The van der Waals surface area contributed by atoms with Crippen LogP contribution in [-0.2, 0) is 0 Å². The van der Waals surface area contributed by atoms with Crippen molar-refractivity contribution >= 4 is 17.3 Å². The summed E-state index contributed by atoms with van der Waals surface area (Å²) in [6.07, 6.45) is 4.26. The van der Waals surface area contributed by atoms with Crippen molar-refractivity contribution in [1.29, 1.82) is 0 Å². The van der Waals surface area contributed by atoms with Gasteiger partial charge in [-0.25, -0.2) is 0 Å². The summed E-state index contributed by atoms with van der Waals surface area (Å²) in [5.41, 5.74) is 5.16. The molecule has 0 N–H and O–H groups in total. The van der Waals surface area contributed by atoms with E-state index in [9.17, 15) is 0 Å². The molecule has 4 rings (SSSR count). The molecular formula is C22H20OS. The van der Waals surface area contributed by atoms with E-state index < -0.39 is 0 Å². The van der Waals surface area contributed by atoms with Crippen molar-refractivity contribution in [1.82, 2.24) is 0 Å². The molecule has 1 heterocycles. The standard InChI is InChI=1S/C22H20OS/c1-14(2)17-9-11-19-21(13-17)24-22-18(10-12-20(22)23-19)15(3)16-7-5-4-6-8-16/h4-14H,1-3H3/b18-15+. The van der Waals surface area contributed by atoms with E-state index in [1.807, 2.05) is 11.8 Å². The molecule has 0 spiro atoms. The summed E-state index contributed by atoms with van der Waals surface area (Å²) in [5.74, 6) is 2.45. The summed E-state index contributed by atoms with van der Waals surface area (Å²) in [4.78, 5) is 2.44. The molecule has 0 atom stereocenters. The fourth-order valence-electron chi connectivity index (χ4n) is 3.04. The van der Waals surface area contributed by atoms with Crippen LogP contribution in [0.5, 0.6) is 5.75 Å². The molecule has 0 saturated heterocycles. The zero-order valence-corrected chi connectivity index (χ0v) is 15.0. The highest BCUT2D eigenvalue weighted by molar-refractivity contribution is 8.03. The third-order valence-corrected chi connectivity index (χ3v) is 5.71. The van der Waals surface area contributed by atoms with Gasteiger partial charge in [-0.05, 0) is 59.4 Å². The fourth-order valence-corrected chi connectivity index (χ4v) is 4.21. The van der Waals surface area contributed by atoms with Crippen molar-refractivity contribution < 1.29 is 4.74 Å². The molecule has 0 radical (unpaired) electrons. The van der Waals surface area contributed by atoms with Gasteiger partial charge in [0.2, 0.25) is 0 Å². The van der Waals surface area contributed by atoms with Crippen LogP contribution in [0.25, 0.3) is 5.57 Å². The number of benzene rings is 2. The second kappa shape index (κ2) is 6.03. The first-order valence-corrected chi connectivity index (χ1v) is 9.14. The highest BCUT2D eigenvalue weighted by Crippen LogP contribution is 2.49. The molecule has 2 aliphatic rings. The first-order valence-electron chi connectivity index (χ1n) is 8.32. The maximum absolute atomic E-state index is 6.14. The Morgan fingerprint density at radius 1 is 1.00 bits per heavy atom. The number of hydrogen-bond donors (Lipinski definition) is 0. The Balaban J connectivity index is 1.74. The zero-order valence-electron chi connectivity index (χ0n) is 14.2. The van der Waals surface area contributed by atoms with Crippen LogP contribution in [0.1, 0.15) is 37.8 Å². The van der Waals surface area contributed by atoms with E-state index in [0.717, 1.165) is 11.5 Å². The predicted octanol–water partition coefficient (Wildman–Crippen LogP) is 6.55. The number of allylic oxidation sites excluding steroid dienone is 4. The van der Waals surface area contributed by atoms with E-state index >= 15 is 0 Å². The smallest absolute Gasteiger partial charge is 0.142 e. The van der Waals surface area contributed by atoms with Crippen LogP contribution in [-0.4, -0.2) is 0 Å². The van der Waals surface area contributed by atoms with Gasteiger partial charge in [0.25, 0.3) is 0 Å². The Labute approximate surface area is 147 Å². The molecule has 120 valence electrons. The van der Waals surface area contributed by atoms with Crippen LogP contribution in [0.3, 0.4) is 0 Å². The topological polar surface area (TPSA) is 9.23 Å². The Bertz CT molecular complexity index is 885. The molecule has 1 nitrogen and oxygen atoms in total. The lowest BCUT2D eigenvalue weighted by molar-refractivity contribution is 0.430. The number of hydrogen-bond acceptors (Lipinski definition) is 2. The van der Waals surface area contributed by atoms with Crippen LogP contribution >= 0.6 is 11.8 Å². The van der Waals surface area contributed by atoms with Crippen molar-refractivity contribution in [2.75, 3.05) is 0 Å². The van der Waals surface area contributed by atoms with Gasteiger partial charge in [0, 0.05) is 0 Å². The highest BCUT2D eigenvalue weighted by atomic mass is 32.2. The zero-order chi connectivity index (χ0) is 16.7. The third-order valence-electron chi connectivity index (χ3n) is 4.55. The van der Waals surface area contributed by atoms with Crippen LogP contribution < -0.4 is 4.74 Å². The second-order valence-electron chi connectivity index (χ2n) is 6.50. The minimum absolute atomic E-state index is 0.522. The van der Waals surface area contributed by atoms with E-state index in [1.165, 1.54) is 32.1 Å². The van der Waals surface area contributed by atoms with Crippen molar-refractivity contribution in [2.24, 2.45) is 0 Å². The number of ether oxygens (including phenoxy) is 1. The Morgan fingerprint density at radius 3 is 2.54 bits per heavy atom. The minimum atomic E-state index is 0.522. The molecule has 0 fully saturated rings. The van der Waals surface area contributed by atoms with Gasteiger partial charge >= 0.3 is 0 Å². The molecule has 1 aliphatic carbocycles. The largest absolute Gasteiger partial charge is 0.455 e. The van der Waals surface area contributed by atoms with Crippen LogP contribution in [0.2, 0.25) is 0 Å². The van der Waals surface area contributed by atoms with Gasteiger partial charge in [0.05, 0.1) is 9.80 Å². The van der Waals surface area contributed by atoms with Crippen LogP contribution in [0.4, 0.5) is 0 Å². The van der Waals surface area contributed by atoms with E-state index in [1.54, 1.807) is 0 Å². The summed E-state index contributed by atoms with van der Waals surface area (Å²) >= 11 is 1.82. The molecule has 0 saturated carbocycles. The molecule has 2 aromatic carbocycles. The SMILES string of the molecule is C/C(=C1/C=CC2=C1Sc1cc(C(C)C)ccc1O2)c1ccccc1. The van der Waals surface area contributed by atoms with E-state index in [-0.39, 0.29) is 0 Å². The van der Waals surface area contributed by atoms with Gasteiger partial charge in [-0.1, -0.05) is 62.0 Å². The quantitative estimate of drug-likeness (QED) is 0.616. The predicted molar refractivity (Wildman–Crippen MR) is 102 cm³/mol. The average molecular weight is 332 g/mol. The molecule has 2 heteroatoms. The molecule has 0 amide bonds. The van der Waals surface area contributed by atoms with Crippen LogP contribution in [0, 0.1) is 0 Å². The summed E-state index contributed by atoms with van der Waals surface area (Å²) in [6.45, 7) is 6.64. The molecule has 2 aromatic rings. The van der Waals surface area contributed by atoms with E-state index in [4.69, 9.17) is 4.74 Å². The Morgan fingerprint density at radius 2 is 1.79 bits per heavy atom. The van der Waals surface area contributed by atoms with Gasteiger partial charge < -0.3 is 4.74 Å². The van der Waals surface area contributed by atoms with Crippen molar-refractivity contribution in [3.05, 3.63) is 88.0 Å². The van der Waals surface area contributed by atoms with Crippen LogP contribution in [0.15, 0.2) is 81.8 Å². The van der Waals surface area contributed by atoms with Crippen molar-refractivity contribution in [3.8, 4) is 5.75 Å². The van der Waals surface area contributed by atoms with Crippen molar-refractivity contribution in [3.63, 3.8) is 0 Å². The van der Waals surface area contributed by atoms with E-state index in [2.05, 4.69) is 81.5 Å². The highest BCUT2D eigenvalue weighted by Gasteiger charge is 2.26. The van der Waals surface area contributed by atoms with Crippen molar-refractivity contribution in [2.45, 2.75) is 31.6 Å². The second-order valence-corrected chi connectivity index (χ2v) is 7.55. The third kappa shape index (κ3) is 2.61. The lowest BCUT2D eigenvalue weighted by atomic mass is 10.0. The van der Waals surface area contributed by atoms with E-state index in [0.29, 0.717) is 5.92 Å². The van der Waals surface area contributed by atoms with Gasteiger partial charge in [0.15, 0.2) is 0 Å². The molecule has 1 aliphatic heterocycles. The maximum atomic E-state index is 6.14. The van der Waals surface area contributed by atoms with Gasteiger partial charge in [-0.3, -0.25) is 0 Å². The summed E-state index contributed by atoms with van der Waals surface area (Å²) in [6, 6.07) is 17.1. The lowest BCUT2D eigenvalue weighted by Crippen LogP contribution is -2.02. The summed E-state index contributed by atoms with van der Waals surface area (Å²) in [5, 5.41) is 0. The Kier molecular flexibility index (Phi) is 3.85. The summed E-state index contributed by atoms with van der Waals surface area (Å²) < 4.78 is 6.14. The molecule has 0 bridgehead atoms. The first-order chi connectivity index (χ1) is 11.6. The number of thioether (sulfide) groups is 1. The fraction of sp³-hybridized carbons (Fsp3) is 0.182. The van der Waals surface area contributed by atoms with Gasteiger partial charge in [0.1, 0.15) is 11.5 Å². The Hall–Kier alpha value is -2.19. The molecule has 24 heavy (non-hydrogen) atoms. The first kappa shape index (κ1) is 15.3. The monoisotopic (exact) mass is 332 g/mol. The minimum Gasteiger partial charge on any atom is -0.455 e. The molecular weight excluding hydrogens is 312 g/mol.